The molecule has 77 heavy (non-hydrogen) atoms. The fourth-order valence-corrected chi connectivity index (χ4v) is 6.27. The van der Waals surface area contributed by atoms with Crippen molar-refractivity contribution < 1.29 is 47.0 Å². The molecule has 0 unspecified atom stereocenters. The quantitative estimate of drug-likeness (QED) is 0.155. The van der Waals surface area contributed by atoms with Crippen LogP contribution in [-0.2, 0) is 0 Å². The summed E-state index contributed by atoms with van der Waals surface area (Å²) in [6.07, 6.45) is 0. The highest BCUT2D eigenvalue weighted by Crippen LogP contribution is 2.21. The molecule has 0 fully saturated rings. The minimum absolute atomic E-state index is 0. The van der Waals surface area contributed by atoms with Gasteiger partial charge in [0.2, 0.25) is 0 Å². The van der Waals surface area contributed by atoms with Crippen LogP contribution in [0.3, 0.4) is 0 Å². The van der Waals surface area contributed by atoms with Gasteiger partial charge in [0.05, 0.1) is 0 Å². The Morgan fingerprint density at radius 2 is 0.221 bits per heavy atom. The van der Waals surface area contributed by atoms with Crippen LogP contribution < -0.4 is 0 Å². The molecule has 0 nitrogen and oxygen atoms in total. The molecule has 0 bridgehead atoms. The molecule has 0 aliphatic rings. The van der Waals surface area contributed by atoms with Gasteiger partial charge in [-0.2, -0.15) is 0 Å². The van der Waals surface area contributed by atoms with Gasteiger partial charge in [0.1, 0.15) is 0 Å². The second kappa shape index (κ2) is 49.7. The average molecular weight is 1070 g/mol. The Morgan fingerprint density at radius 3 is 0.338 bits per heavy atom. The predicted molar refractivity (Wildman–Crippen MR) is 320 cm³/mol. The van der Waals surface area contributed by atoms with Crippen LogP contribution in [0.1, 0.15) is 38.9 Å². The molecule has 0 aliphatic heterocycles. The van der Waals surface area contributed by atoms with Gasteiger partial charge in [0.15, 0.2) is 0 Å². The van der Waals surface area contributed by atoms with Crippen molar-refractivity contribution in [1.29, 1.82) is 0 Å². The molecule has 10 rings (SSSR count). The number of hydrogen-bond acceptors (Lipinski definition) is 0. The summed E-state index contributed by atoms with van der Waals surface area (Å²) in [6.45, 7) is 14.7. The van der Waals surface area contributed by atoms with Crippen molar-refractivity contribution in [2.75, 3.05) is 0 Å². The van der Waals surface area contributed by atoms with E-state index in [0.717, 1.165) is 0 Å². The van der Waals surface area contributed by atoms with Crippen LogP contribution in [0.4, 0.5) is 47.0 Å². The molecule has 0 saturated heterocycles. The number of hydrogen-bond donors (Lipinski definition) is 0. The third-order valence-electron chi connectivity index (χ3n) is 10.2. The fourth-order valence-electron chi connectivity index (χ4n) is 6.27. The number of benzene rings is 10. The summed E-state index contributed by atoms with van der Waals surface area (Å²) in [6, 6.07) is 98.1. The molecule has 416 valence electrons. The van der Waals surface area contributed by atoms with Crippen LogP contribution in [-0.4, -0.2) is 0 Å². The van der Waals surface area contributed by atoms with Crippen molar-refractivity contribution in [2.24, 2.45) is 0 Å². The van der Waals surface area contributed by atoms with E-state index in [4.69, 9.17) is 0 Å². The second-order valence-electron chi connectivity index (χ2n) is 16.3. The predicted octanol–water partition coefficient (Wildman–Crippen LogP) is 20.5. The third kappa shape index (κ3) is 36.2. The van der Waals surface area contributed by atoms with Crippen LogP contribution in [0.2, 0.25) is 0 Å². The third-order valence-corrected chi connectivity index (χ3v) is 10.2. The molecular formula is C67H78F10. The Balaban J connectivity index is -0.000000148. The lowest BCUT2D eigenvalue weighted by Gasteiger charge is -2.00. The van der Waals surface area contributed by atoms with Gasteiger partial charge in [-0.05, 0) is 81.8 Å². The molecule has 0 radical (unpaired) electrons. The Kier molecular flexibility index (Phi) is 53.3. The first-order valence-corrected chi connectivity index (χ1v) is 23.1. The highest BCUT2D eigenvalue weighted by atomic mass is 19.0. The summed E-state index contributed by atoms with van der Waals surface area (Å²) in [5.74, 6) is 0. The van der Waals surface area contributed by atoms with Gasteiger partial charge >= 0.3 is 0 Å². The van der Waals surface area contributed by atoms with Crippen molar-refractivity contribution in [3.05, 3.63) is 324 Å². The molecule has 10 aromatic carbocycles. The molecule has 0 saturated carbocycles. The summed E-state index contributed by atoms with van der Waals surface area (Å²) in [4.78, 5) is 0. The minimum Gasteiger partial charge on any atom is -0.269 e. The maximum absolute atomic E-state index is 2.16. The van der Waals surface area contributed by atoms with Crippen molar-refractivity contribution in [3.63, 3.8) is 0 Å². The van der Waals surface area contributed by atoms with E-state index in [9.17, 15) is 0 Å². The van der Waals surface area contributed by atoms with Crippen molar-refractivity contribution in [3.8, 4) is 33.4 Å². The summed E-state index contributed by atoms with van der Waals surface area (Å²) in [7, 11) is 0. The zero-order chi connectivity index (χ0) is 47.7. The van der Waals surface area contributed by atoms with E-state index in [1.807, 2.05) is 91.0 Å². The van der Waals surface area contributed by atoms with Gasteiger partial charge in [-0.25, -0.2) is 0 Å². The van der Waals surface area contributed by atoms with Gasteiger partial charge in [-0.3, -0.25) is 47.0 Å². The zero-order valence-electron chi connectivity index (χ0n) is 44.7. The number of aryl methyl sites for hydroxylation is 7. The van der Waals surface area contributed by atoms with Crippen molar-refractivity contribution >= 4 is 0 Å². The van der Waals surface area contributed by atoms with Gasteiger partial charge < -0.3 is 0 Å². The first kappa shape index (κ1) is 82.5. The lowest BCUT2D eigenvalue weighted by molar-refractivity contribution is 1.11. The molecule has 0 amide bonds. The van der Waals surface area contributed by atoms with Gasteiger partial charge in [0, 0.05) is 0 Å². The maximum atomic E-state index is 2.16. The first-order valence-electron chi connectivity index (χ1n) is 23.1. The van der Waals surface area contributed by atoms with Crippen LogP contribution in [0.15, 0.2) is 285 Å². The molecule has 0 spiro atoms. The highest BCUT2D eigenvalue weighted by molar-refractivity contribution is 5.65. The Hall–Kier alpha value is -8.50. The van der Waals surface area contributed by atoms with Crippen LogP contribution >= 0.6 is 0 Å². The van der Waals surface area contributed by atoms with E-state index in [2.05, 4.69) is 243 Å². The minimum atomic E-state index is 0. The standard InChI is InChI=1S/3C13H12.4C7H8.10FH/c3*1-11-7-9-13(10-8-11)12-5-3-2-4-6-12;4*1-7-5-3-2-4-6-7;;;;;;;;;;/h3*2-10H,1H3;4*2-6H,1H3;10*1H. The van der Waals surface area contributed by atoms with Crippen LogP contribution in [0.5, 0.6) is 0 Å². The van der Waals surface area contributed by atoms with E-state index in [1.165, 1.54) is 72.3 Å². The molecule has 0 aromatic heterocycles. The normalized spacial score (nSPS) is 8.19. The lowest BCUT2D eigenvalue weighted by Crippen LogP contribution is -1.76. The zero-order valence-corrected chi connectivity index (χ0v) is 44.7. The van der Waals surface area contributed by atoms with Gasteiger partial charge in [-0.1, -0.05) is 324 Å². The summed E-state index contributed by atoms with van der Waals surface area (Å²) in [5, 5.41) is 0. The van der Waals surface area contributed by atoms with Crippen molar-refractivity contribution in [1.82, 2.24) is 0 Å². The molecule has 0 aliphatic carbocycles. The first-order chi connectivity index (χ1) is 32.7. The molecule has 0 N–H and O–H groups in total. The maximum Gasteiger partial charge on any atom is -0.0184 e. The van der Waals surface area contributed by atoms with E-state index >= 15 is 0 Å². The summed E-state index contributed by atoms with van der Waals surface area (Å²) >= 11 is 0. The lowest BCUT2D eigenvalue weighted by atomic mass is 10.0. The van der Waals surface area contributed by atoms with E-state index < -0.39 is 0 Å². The number of halogens is 10. The smallest absolute Gasteiger partial charge is 0.0184 e. The monoisotopic (exact) mass is 1070 g/mol. The number of rotatable bonds is 3. The van der Waals surface area contributed by atoms with Gasteiger partial charge in [0.25, 0.3) is 0 Å². The van der Waals surface area contributed by atoms with E-state index in [1.54, 1.807) is 0 Å². The average Bonchev–Trinajstić information content (AvgIpc) is 3.38. The Morgan fingerprint density at radius 1 is 0.117 bits per heavy atom. The van der Waals surface area contributed by atoms with Crippen LogP contribution in [0, 0.1) is 48.5 Å². The molecule has 10 aromatic rings. The molecule has 10 heteroatoms. The SMILES string of the molecule is Cc1ccc(-c2ccccc2)cc1.Cc1ccc(-c2ccccc2)cc1.Cc1ccc(-c2ccccc2)cc1.Cc1ccccc1.Cc1ccccc1.Cc1ccccc1.Cc1ccccc1.F.F.F.F.F.F.F.F.F.F. The van der Waals surface area contributed by atoms with E-state index in [-0.39, 0.29) is 47.0 Å². The Bertz CT molecular complexity index is 2390. The second-order valence-corrected chi connectivity index (χ2v) is 16.3. The van der Waals surface area contributed by atoms with E-state index in [0.29, 0.717) is 0 Å². The van der Waals surface area contributed by atoms with Crippen molar-refractivity contribution in [2.45, 2.75) is 48.5 Å². The summed E-state index contributed by atoms with van der Waals surface area (Å²) < 4.78 is 0. The molecular weight excluding hydrogens is 995 g/mol. The summed E-state index contributed by atoms with van der Waals surface area (Å²) in [5.41, 5.74) is 16.9. The van der Waals surface area contributed by atoms with Crippen LogP contribution in [0.25, 0.3) is 33.4 Å². The van der Waals surface area contributed by atoms with Gasteiger partial charge in [-0.15, -0.1) is 0 Å². The Labute approximate surface area is 451 Å². The molecule has 0 atom stereocenters. The highest BCUT2D eigenvalue weighted by Gasteiger charge is 1.96. The largest absolute Gasteiger partial charge is 0.269 e. The topological polar surface area (TPSA) is 0 Å². The molecule has 0 heterocycles. The fraction of sp³-hybridized carbons (Fsp3) is 0.104.